The van der Waals surface area contributed by atoms with Crippen molar-refractivity contribution in [3.63, 3.8) is 0 Å². The third kappa shape index (κ3) is 4.38. The monoisotopic (exact) mass is 365 g/mol. The van der Waals surface area contributed by atoms with Crippen molar-refractivity contribution in [2.75, 3.05) is 7.11 Å². The Hall–Kier alpha value is -1.92. The van der Waals surface area contributed by atoms with Crippen LogP contribution in [0.25, 0.3) is 0 Å². The maximum Gasteiger partial charge on any atom is 0.241 e. The van der Waals surface area contributed by atoms with Crippen LogP contribution in [0.5, 0.6) is 5.75 Å². The zero-order valence-corrected chi connectivity index (χ0v) is 15.9. The molecule has 4 nitrogen and oxygen atoms in total. The van der Waals surface area contributed by atoms with E-state index in [4.69, 9.17) is 4.74 Å². The molecule has 0 radical (unpaired) electrons. The van der Waals surface area contributed by atoms with E-state index in [1.54, 1.807) is 14.0 Å². The van der Waals surface area contributed by atoms with Crippen LogP contribution in [-0.2, 0) is 10.0 Å². The first-order chi connectivity index (χ1) is 11.7. The van der Waals surface area contributed by atoms with Crippen molar-refractivity contribution in [3.8, 4) is 5.75 Å². The minimum absolute atomic E-state index is 0.0380. The molecule has 0 aliphatic rings. The van der Waals surface area contributed by atoms with Gasteiger partial charge in [-0.2, -0.15) is 0 Å². The van der Waals surface area contributed by atoms with Gasteiger partial charge in [0.15, 0.2) is 0 Å². The molecular weight excluding hydrogens is 341 g/mol. The Labute approximate surface area is 149 Å². The second kappa shape index (κ2) is 7.54. The first kappa shape index (κ1) is 19.4. The predicted molar refractivity (Wildman–Crippen MR) is 97.0 cm³/mol. The highest BCUT2D eigenvalue weighted by molar-refractivity contribution is 7.89. The third-order valence-corrected chi connectivity index (χ3v) is 5.72. The topological polar surface area (TPSA) is 55.4 Å². The van der Waals surface area contributed by atoms with Crippen molar-refractivity contribution in [3.05, 3.63) is 58.9 Å². The molecule has 0 unspecified atom stereocenters. The van der Waals surface area contributed by atoms with E-state index in [9.17, 15) is 12.8 Å². The number of methoxy groups -OCH3 is 1. The summed E-state index contributed by atoms with van der Waals surface area (Å²) in [6.45, 7) is 7.83. The number of hydrogen-bond donors (Lipinski definition) is 1. The van der Waals surface area contributed by atoms with Gasteiger partial charge in [0.1, 0.15) is 11.6 Å². The van der Waals surface area contributed by atoms with E-state index >= 15 is 0 Å². The summed E-state index contributed by atoms with van der Waals surface area (Å²) < 4.78 is 46.2. The average Bonchev–Trinajstić information content (AvgIpc) is 2.53. The molecule has 6 heteroatoms. The number of aryl methyl sites for hydroxylation is 1. The van der Waals surface area contributed by atoms with E-state index in [1.807, 2.05) is 19.1 Å². The van der Waals surface area contributed by atoms with Crippen LogP contribution in [0.3, 0.4) is 0 Å². The molecule has 0 heterocycles. The number of halogens is 1. The van der Waals surface area contributed by atoms with Gasteiger partial charge in [0.05, 0.1) is 12.0 Å². The molecule has 0 saturated carbocycles. The lowest BCUT2D eigenvalue weighted by Gasteiger charge is -2.21. The fourth-order valence-electron chi connectivity index (χ4n) is 2.79. The Balaban J connectivity index is 2.35. The molecule has 2 aromatic carbocycles. The summed E-state index contributed by atoms with van der Waals surface area (Å²) in [5, 5.41) is 0. The Bertz CT molecular complexity index is 846. The minimum Gasteiger partial charge on any atom is -0.496 e. The molecule has 1 atom stereocenters. The van der Waals surface area contributed by atoms with E-state index in [-0.39, 0.29) is 10.8 Å². The quantitative estimate of drug-likeness (QED) is 0.830. The molecule has 1 N–H and O–H groups in total. The second-order valence-electron chi connectivity index (χ2n) is 6.40. The fraction of sp³-hybridized carbons (Fsp3) is 0.368. The number of benzene rings is 2. The number of nitrogens with one attached hydrogen (secondary N) is 1. The summed E-state index contributed by atoms with van der Waals surface area (Å²) in [6, 6.07) is 8.25. The van der Waals surface area contributed by atoms with Crippen molar-refractivity contribution < 1.29 is 17.5 Å². The summed E-state index contributed by atoms with van der Waals surface area (Å²) in [5.41, 5.74) is 2.85. The van der Waals surface area contributed by atoms with Crippen LogP contribution in [0.2, 0.25) is 0 Å². The molecule has 0 amide bonds. The van der Waals surface area contributed by atoms with Gasteiger partial charge in [-0.25, -0.2) is 17.5 Å². The van der Waals surface area contributed by atoms with Crippen molar-refractivity contribution in [1.82, 2.24) is 4.72 Å². The lowest BCUT2D eigenvalue weighted by atomic mass is 9.94. The van der Waals surface area contributed by atoms with Crippen LogP contribution in [0.15, 0.2) is 41.3 Å². The number of ether oxygens (including phenoxy) is 1. The zero-order valence-electron chi connectivity index (χ0n) is 15.1. The molecule has 2 aromatic rings. The van der Waals surface area contributed by atoms with E-state index in [0.29, 0.717) is 0 Å². The highest BCUT2D eigenvalue weighted by Gasteiger charge is 2.21. The molecule has 136 valence electrons. The van der Waals surface area contributed by atoms with Crippen molar-refractivity contribution in [1.29, 1.82) is 0 Å². The minimum atomic E-state index is -3.74. The summed E-state index contributed by atoms with van der Waals surface area (Å²) in [6.07, 6.45) is 0. The highest BCUT2D eigenvalue weighted by atomic mass is 32.2. The van der Waals surface area contributed by atoms with Gasteiger partial charge in [-0.05, 0) is 72.9 Å². The van der Waals surface area contributed by atoms with Gasteiger partial charge >= 0.3 is 0 Å². The SMILES string of the molecule is COc1cc(C)c([C@@H](C)NS(=O)(=O)c2ccc(F)cc2)cc1C(C)C. The molecule has 0 spiro atoms. The molecule has 0 aliphatic heterocycles. The van der Waals surface area contributed by atoms with Gasteiger partial charge in [0.2, 0.25) is 10.0 Å². The standard InChI is InChI=1S/C19H24FNO3S/c1-12(2)17-11-18(13(3)10-19(17)24-5)14(4)21-25(22,23)16-8-6-15(20)7-9-16/h6-12,14,21H,1-5H3/t14-/m1/s1. The molecule has 0 bridgehead atoms. The van der Waals surface area contributed by atoms with Gasteiger partial charge in [0, 0.05) is 6.04 Å². The van der Waals surface area contributed by atoms with Crippen LogP contribution < -0.4 is 9.46 Å². The lowest BCUT2D eigenvalue weighted by Crippen LogP contribution is -2.27. The molecule has 0 fully saturated rings. The molecular formula is C19H24FNO3S. The molecule has 2 rings (SSSR count). The van der Waals surface area contributed by atoms with Gasteiger partial charge in [-0.15, -0.1) is 0 Å². The Morgan fingerprint density at radius 2 is 1.64 bits per heavy atom. The Morgan fingerprint density at radius 3 is 2.16 bits per heavy atom. The maximum absolute atomic E-state index is 13.0. The summed E-state index contributed by atoms with van der Waals surface area (Å²) in [4.78, 5) is 0.0380. The summed E-state index contributed by atoms with van der Waals surface area (Å²) in [7, 11) is -2.11. The van der Waals surface area contributed by atoms with Crippen LogP contribution in [-0.4, -0.2) is 15.5 Å². The Morgan fingerprint density at radius 1 is 1.04 bits per heavy atom. The normalized spacial score (nSPS) is 13.1. The van der Waals surface area contributed by atoms with Crippen LogP contribution in [0.4, 0.5) is 4.39 Å². The Kier molecular flexibility index (Phi) is 5.85. The first-order valence-corrected chi connectivity index (χ1v) is 9.60. The van der Waals surface area contributed by atoms with Gasteiger partial charge in [0.25, 0.3) is 0 Å². The zero-order chi connectivity index (χ0) is 18.8. The lowest BCUT2D eigenvalue weighted by molar-refractivity contribution is 0.406. The van der Waals surface area contributed by atoms with Gasteiger partial charge in [-0.3, -0.25) is 0 Å². The number of sulfonamides is 1. The molecule has 0 aromatic heterocycles. The van der Waals surface area contributed by atoms with Crippen LogP contribution >= 0.6 is 0 Å². The van der Waals surface area contributed by atoms with Crippen molar-refractivity contribution >= 4 is 10.0 Å². The van der Waals surface area contributed by atoms with Crippen molar-refractivity contribution in [2.45, 2.75) is 44.6 Å². The third-order valence-electron chi connectivity index (χ3n) is 4.16. The van der Waals surface area contributed by atoms with Crippen LogP contribution in [0.1, 0.15) is 49.4 Å². The average molecular weight is 365 g/mol. The fourth-order valence-corrected chi connectivity index (χ4v) is 4.01. The first-order valence-electron chi connectivity index (χ1n) is 8.12. The molecule has 25 heavy (non-hydrogen) atoms. The van der Waals surface area contributed by atoms with Gasteiger partial charge in [-0.1, -0.05) is 13.8 Å². The number of hydrogen-bond acceptors (Lipinski definition) is 3. The van der Waals surface area contributed by atoms with Crippen molar-refractivity contribution in [2.24, 2.45) is 0 Å². The smallest absolute Gasteiger partial charge is 0.241 e. The van der Waals surface area contributed by atoms with E-state index in [0.717, 1.165) is 34.6 Å². The molecule has 0 aliphatic carbocycles. The van der Waals surface area contributed by atoms with E-state index in [1.165, 1.54) is 12.1 Å². The maximum atomic E-state index is 13.0. The summed E-state index contributed by atoms with van der Waals surface area (Å²) in [5.74, 6) is 0.569. The van der Waals surface area contributed by atoms with E-state index < -0.39 is 21.9 Å². The van der Waals surface area contributed by atoms with Crippen LogP contribution in [0, 0.1) is 12.7 Å². The van der Waals surface area contributed by atoms with Gasteiger partial charge < -0.3 is 4.74 Å². The van der Waals surface area contributed by atoms with E-state index in [2.05, 4.69) is 18.6 Å². The second-order valence-corrected chi connectivity index (χ2v) is 8.12. The molecule has 0 saturated heterocycles. The summed E-state index contributed by atoms with van der Waals surface area (Å²) >= 11 is 0. The predicted octanol–water partition coefficient (Wildman–Crippen LogP) is 4.31. The highest BCUT2D eigenvalue weighted by Crippen LogP contribution is 2.32. The number of rotatable bonds is 6. The largest absolute Gasteiger partial charge is 0.496 e.